The van der Waals surface area contributed by atoms with Gasteiger partial charge in [0.25, 0.3) is 0 Å². The number of sulfone groups is 1. The number of aromatic nitrogens is 1. The predicted octanol–water partition coefficient (Wildman–Crippen LogP) is 0.914. The highest BCUT2D eigenvalue weighted by Gasteiger charge is 2.05. The first kappa shape index (κ1) is 13.1. The summed E-state index contributed by atoms with van der Waals surface area (Å²) < 4.78 is 22.4. The molecule has 1 rings (SSSR count). The summed E-state index contributed by atoms with van der Waals surface area (Å²) in [5.74, 6) is 0.406. The average molecular weight is 242 g/mol. The summed E-state index contributed by atoms with van der Waals surface area (Å²) >= 11 is 0. The smallest absolute Gasteiger partial charge is 0.151 e. The first-order valence-corrected chi connectivity index (χ1v) is 7.17. The molecule has 0 aliphatic carbocycles. The number of rotatable bonds is 6. The van der Waals surface area contributed by atoms with E-state index in [0.29, 0.717) is 13.1 Å². The van der Waals surface area contributed by atoms with E-state index in [1.54, 1.807) is 19.3 Å². The second kappa shape index (κ2) is 5.96. The molecule has 0 aliphatic rings. The maximum Gasteiger partial charge on any atom is 0.151 e. The van der Waals surface area contributed by atoms with Crippen molar-refractivity contribution < 1.29 is 8.42 Å². The molecule has 0 atom stereocenters. The van der Waals surface area contributed by atoms with Crippen LogP contribution >= 0.6 is 0 Å². The number of pyridine rings is 1. The first-order valence-electron chi connectivity index (χ1n) is 5.35. The van der Waals surface area contributed by atoms with E-state index in [1.807, 2.05) is 13.0 Å². The van der Waals surface area contributed by atoms with Crippen LogP contribution in [0, 0.1) is 6.92 Å². The minimum Gasteiger partial charge on any atom is -0.312 e. The number of hydrogen-bond donors (Lipinski definition) is 1. The van der Waals surface area contributed by atoms with Gasteiger partial charge < -0.3 is 5.32 Å². The van der Waals surface area contributed by atoms with Crippen LogP contribution < -0.4 is 5.32 Å². The van der Waals surface area contributed by atoms with Crippen molar-refractivity contribution in [3.63, 3.8) is 0 Å². The highest BCUT2D eigenvalue weighted by Crippen LogP contribution is 2.00. The van der Waals surface area contributed by atoms with Crippen LogP contribution in [0.3, 0.4) is 0 Å². The lowest BCUT2D eigenvalue weighted by atomic mass is 10.2. The fraction of sp³-hybridized carbons (Fsp3) is 0.545. The van der Waals surface area contributed by atoms with Crippen LogP contribution in [0.15, 0.2) is 18.5 Å². The average Bonchev–Trinajstić information content (AvgIpc) is 2.25. The van der Waals surface area contributed by atoms with Crippen LogP contribution in [0.25, 0.3) is 0 Å². The number of nitrogens with zero attached hydrogens (tertiary/aromatic N) is 1. The molecule has 1 aromatic rings. The quantitative estimate of drug-likeness (QED) is 0.753. The van der Waals surface area contributed by atoms with Crippen LogP contribution in [0.5, 0.6) is 0 Å². The molecule has 1 heterocycles. The fourth-order valence-electron chi connectivity index (χ4n) is 1.32. The Morgan fingerprint density at radius 3 is 2.75 bits per heavy atom. The molecular weight excluding hydrogens is 224 g/mol. The molecule has 0 aliphatic heterocycles. The van der Waals surface area contributed by atoms with Gasteiger partial charge in [0.1, 0.15) is 0 Å². The Kier molecular flexibility index (Phi) is 4.89. The Balaban J connectivity index is 2.32. The summed E-state index contributed by atoms with van der Waals surface area (Å²) in [7, 11) is -2.86. The number of hydrogen-bond acceptors (Lipinski definition) is 4. The predicted molar refractivity (Wildman–Crippen MR) is 65.0 cm³/mol. The van der Waals surface area contributed by atoms with Gasteiger partial charge in [-0.05, 0) is 18.1 Å². The molecule has 0 amide bonds. The Morgan fingerprint density at radius 1 is 1.38 bits per heavy atom. The molecule has 90 valence electrons. The molecular formula is C11H18N2O2S. The SMILES string of the molecule is CCS(=O)(=O)CCNCc1cncc(C)c1. The third kappa shape index (κ3) is 4.72. The summed E-state index contributed by atoms with van der Waals surface area (Å²) in [5, 5.41) is 3.10. The molecule has 16 heavy (non-hydrogen) atoms. The van der Waals surface area contributed by atoms with Crippen molar-refractivity contribution in [2.45, 2.75) is 20.4 Å². The largest absolute Gasteiger partial charge is 0.312 e. The normalized spacial score (nSPS) is 11.6. The molecule has 5 heteroatoms. The molecule has 0 saturated carbocycles. The fourth-order valence-corrected chi connectivity index (χ4v) is 2.06. The Bertz CT molecular complexity index is 429. The number of aryl methyl sites for hydroxylation is 1. The summed E-state index contributed by atoms with van der Waals surface area (Å²) in [6.07, 6.45) is 3.58. The van der Waals surface area contributed by atoms with Crippen LogP contribution in [0.4, 0.5) is 0 Å². The molecule has 1 aromatic heterocycles. The van der Waals surface area contributed by atoms with Gasteiger partial charge in [0.15, 0.2) is 9.84 Å². The van der Waals surface area contributed by atoms with E-state index in [0.717, 1.165) is 11.1 Å². The molecule has 1 N–H and O–H groups in total. The van der Waals surface area contributed by atoms with E-state index in [1.165, 1.54) is 0 Å². The zero-order valence-corrected chi connectivity index (χ0v) is 10.5. The zero-order chi connectivity index (χ0) is 12.0. The Labute approximate surface area is 97.0 Å². The van der Waals surface area contributed by atoms with E-state index in [-0.39, 0.29) is 11.5 Å². The number of nitrogens with one attached hydrogen (secondary N) is 1. The van der Waals surface area contributed by atoms with Crippen molar-refractivity contribution in [2.75, 3.05) is 18.1 Å². The van der Waals surface area contributed by atoms with Gasteiger partial charge in [-0.3, -0.25) is 4.98 Å². The summed E-state index contributed by atoms with van der Waals surface area (Å²) in [4.78, 5) is 4.07. The van der Waals surface area contributed by atoms with E-state index >= 15 is 0 Å². The van der Waals surface area contributed by atoms with Crippen molar-refractivity contribution in [1.82, 2.24) is 10.3 Å². The summed E-state index contributed by atoms with van der Waals surface area (Å²) in [6.45, 7) is 4.80. The minimum atomic E-state index is -2.86. The highest BCUT2D eigenvalue weighted by molar-refractivity contribution is 7.91. The second-order valence-corrected chi connectivity index (χ2v) is 6.26. The maximum atomic E-state index is 11.2. The Morgan fingerprint density at radius 2 is 2.12 bits per heavy atom. The van der Waals surface area contributed by atoms with Gasteiger partial charge in [-0.2, -0.15) is 0 Å². The van der Waals surface area contributed by atoms with Gasteiger partial charge in [-0.25, -0.2) is 8.42 Å². The molecule has 0 radical (unpaired) electrons. The molecule has 0 spiro atoms. The van der Waals surface area contributed by atoms with E-state index in [9.17, 15) is 8.42 Å². The van der Waals surface area contributed by atoms with Gasteiger partial charge in [0.05, 0.1) is 5.75 Å². The van der Waals surface area contributed by atoms with Crippen molar-refractivity contribution in [1.29, 1.82) is 0 Å². The molecule has 4 nitrogen and oxygen atoms in total. The summed E-state index contributed by atoms with van der Waals surface area (Å²) in [6, 6.07) is 2.04. The van der Waals surface area contributed by atoms with Gasteiger partial charge in [-0.15, -0.1) is 0 Å². The van der Waals surface area contributed by atoms with E-state index in [2.05, 4.69) is 10.3 Å². The topological polar surface area (TPSA) is 59.1 Å². The minimum absolute atomic E-state index is 0.197. The van der Waals surface area contributed by atoms with E-state index in [4.69, 9.17) is 0 Å². The second-order valence-electron chi connectivity index (χ2n) is 3.78. The summed E-state index contributed by atoms with van der Waals surface area (Å²) in [5.41, 5.74) is 2.19. The lowest BCUT2D eigenvalue weighted by molar-refractivity contribution is 0.592. The zero-order valence-electron chi connectivity index (χ0n) is 9.73. The van der Waals surface area contributed by atoms with Crippen molar-refractivity contribution in [3.05, 3.63) is 29.6 Å². The van der Waals surface area contributed by atoms with Gasteiger partial charge in [0, 0.05) is 31.2 Å². The third-order valence-electron chi connectivity index (χ3n) is 2.29. The molecule has 0 fully saturated rings. The molecule has 0 saturated heterocycles. The lowest BCUT2D eigenvalue weighted by Gasteiger charge is -2.05. The molecule has 0 bridgehead atoms. The van der Waals surface area contributed by atoms with Gasteiger partial charge in [-0.1, -0.05) is 13.0 Å². The first-order chi connectivity index (χ1) is 7.53. The van der Waals surface area contributed by atoms with Crippen LogP contribution in [-0.2, 0) is 16.4 Å². The van der Waals surface area contributed by atoms with Crippen LogP contribution in [0.1, 0.15) is 18.1 Å². The van der Waals surface area contributed by atoms with E-state index < -0.39 is 9.84 Å². The standard InChI is InChI=1S/C11H18N2O2S/c1-3-16(14,15)5-4-12-8-11-6-10(2)7-13-9-11/h6-7,9,12H,3-5,8H2,1-2H3. The van der Waals surface area contributed by atoms with Crippen LogP contribution in [-0.4, -0.2) is 31.5 Å². The van der Waals surface area contributed by atoms with Crippen molar-refractivity contribution in [3.8, 4) is 0 Å². The Hall–Kier alpha value is -0.940. The van der Waals surface area contributed by atoms with Gasteiger partial charge in [0.2, 0.25) is 0 Å². The molecule has 0 aromatic carbocycles. The van der Waals surface area contributed by atoms with Crippen molar-refractivity contribution >= 4 is 9.84 Å². The maximum absolute atomic E-state index is 11.2. The third-order valence-corrected chi connectivity index (χ3v) is 4.00. The highest BCUT2D eigenvalue weighted by atomic mass is 32.2. The van der Waals surface area contributed by atoms with Gasteiger partial charge >= 0.3 is 0 Å². The van der Waals surface area contributed by atoms with Crippen LogP contribution in [0.2, 0.25) is 0 Å². The molecule has 0 unspecified atom stereocenters. The van der Waals surface area contributed by atoms with Crippen molar-refractivity contribution in [2.24, 2.45) is 0 Å². The monoisotopic (exact) mass is 242 g/mol. The lowest BCUT2D eigenvalue weighted by Crippen LogP contribution is -2.23.